The Balaban J connectivity index is 1.62. The summed E-state index contributed by atoms with van der Waals surface area (Å²) in [5, 5.41) is 0. The molecule has 0 N–H and O–H groups in total. The average molecular weight is 414 g/mol. The number of fused-ring (bicyclic) bond motifs is 1. The van der Waals surface area contributed by atoms with Gasteiger partial charge in [0, 0.05) is 50.9 Å². The number of aryl methyl sites for hydroxylation is 2. The predicted octanol–water partition coefficient (Wildman–Crippen LogP) is 4.39. The summed E-state index contributed by atoms with van der Waals surface area (Å²) in [5.74, 6) is 0.165. The molecule has 1 saturated heterocycles. The normalized spacial score (nSPS) is 20.4. The van der Waals surface area contributed by atoms with Crippen LogP contribution in [0, 0.1) is 6.92 Å². The maximum Gasteiger partial charge on any atom is 0.252 e. The van der Waals surface area contributed by atoms with E-state index < -0.39 is 0 Å². The van der Waals surface area contributed by atoms with Crippen molar-refractivity contribution >= 4 is 16.9 Å². The summed E-state index contributed by atoms with van der Waals surface area (Å²) in [5.41, 5.74) is 4.48. The van der Waals surface area contributed by atoms with Crippen LogP contribution in [0.4, 0.5) is 0 Å². The zero-order chi connectivity index (χ0) is 21.1. The third-order valence-corrected chi connectivity index (χ3v) is 6.40. The Bertz CT molecular complexity index is 868. The minimum absolute atomic E-state index is 0.00606. The van der Waals surface area contributed by atoms with E-state index in [0.717, 1.165) is 80.3 Å². The highest BCUT2D eigenvalue weighted by Crippen LogP contribution is 2.38. The molecule has 2 aliphatic rings. The van der Waals surface area contributed by atoms with Crippen molar-refractivity contribution in [3.05, 3.63) is 29.6 Å². The summed E-state index contributed by atoms with van der Waals surface area (Å²) in [6.45, 7) is 6.65. The molecular weight excluding hydrogens is 378 g/mol. The van der Waals surface area contributed by atoms with E-state index >= 15 is 0 Å². The molecule has 0 radical (unpaired) electrons. The second-order valence-electron chi connectivity index (χ2n) is 8.87. The molecule has 4 rings (SSSR count). The van der Waals surface area contributed by atoms with Crippen molar-refractivity contribution in [2.75, 3.05) is 20.3 Å². The van der Waals surface area contributed by atoms with Gasteiger partial charge in [-0.2, -0.15) is 0 Å². The van der Waals surface area contributed by atoms with E-state index in [1.807, 2.05) is 6.20 Å². The molecule has 164 valence electrons. The van der Waals surface area contributed by atoms with Crippen LogP contribution in [0.5, 0.6) is 0 Å². The van der Waals surface area contributed by atoms with Gasteiger partial charge in [0.2, 0.25) is 0 Å². The molecule has 30 heavy (non-hydrogen) atoms. The van der Waals surface area contributed by atoms with Crippen molar-refractivity contribution < 1.29 is 14.3 Å². The van der Waals surface area contributed by atoms with E-state index in [0.29, 0.717) is 12.6 Å². The summed E-state index contributed by atoms with van der Waals surface area (Å²) in [4.78, 5) is 20.3. The van der Waals surface area contributed by atoms with Crippen molar-refractivity contribution in [3.63, 3.8) is 0 Å². The molecule has 3 heterocycles. The van der Waals surface area contributed by atoms with Crippen molar-refractivity contribution in [1.82, 2.24) is 14.5 Å². The molecule has 2 aromatic heterocycles. The summed E-state index contributed by atoms with van der Waals surface area (Å²) in [6, 6.07) is 2.54. The first-order chi connectivity index (χ1) is 14.6. The van der Waals surface area contributed by atoms with Gasteiger partial charge in [-0.15, -0.1) is 0 Å². The third-order valence-electron chi connectivity index (χ3n) is 6.40. The molecule has 1 aliphatic heterocycles. The van der Waals surface area contributed by atoms with Crippen molar-refractivity contribution in [3.8, 4) is 0 Å². The zero-order valence-corrected chi connectivity index (χ0v) is 18.6. The summed E-state index contributed by atoms with van der Waals surface area (Å²) in [7, 11) is 1.75. The zero-order valence-electron chi connectivity index (χ0n) is 18.6. The lowest BCUT2D eigenvalue weighted by atomic mass is 10.0. The number of amides is 1. The average Bonchev–Trinajstić information content (AvgIpc) is 3.53. The first-order valence-corrected chi connectivity index (χ1v) is 11.5. The second-order valence-corrected chi connectivity index (χ2v) is 8.87. The largest absolute Gasteiger partial charge is 0.385 e. The molecule has 0 bridgehead atoms. The molecule has 6 nitrogen and oxygen atoms in total. The molecule has 0 spiro atoms. The minimum atomic E-state index is -0.278. The highest BCUT2D eigenvalue weighted by atomic mass is 16.5. The third kappa shape index (κ3) is 4.54. The topological polar surface area (TPSA) is 56.6 Å². The number of carbonyl (C=O) groups excluding carboxylic acids is 1. The number of hydrogen-bond acceptors (Lipinski definition) is 4. The van der Waals surface area contributed by atoms with Gasteiger partial charge in [-0.3, -0.25) is 9.78 Å². The molecule has 1 aliphatic carbocycles. The smallest absolute Gasteiger partial charge is 0.252 e. The van der Waals surface area contributed by atoms with Gasteiger partial charge in [-0.25, -0.2) is 0 Å². The Morgan fingerprint density at radius 2 is 2.17 bits per heavy atom. The summed E-state index contributed by atoms with van der Waals surface area (Å²) < 4.78 is 13.4. The Hall–Kier alpha value is -1.92. The molecule has 0 aromatic carbocycles. The Labute approximate surface area is 179 Å². The monoisotopic (exact) mass is 413 g/mol. The van der Waals surface area contributed by atoms with Gasteiger partial charge in [0.05, 0.1) is 17.1 Å². The molecule has 0 unspecified atom stereocenters. The van der Waals surface area contributed by atoms with Gasteiger partial charge in [0.1, 0.15) is 6.10 Å². The number of hydrogen-bond donors (Lipinski definition) is 0. The first kappa shape index (κ1) is 21.3. The lowest BCUT2D eigenvalue weighted by Gasteiger charge is -2.33. The molecule has 2 atom stereocenters. The van der Waals surface area contributed by atoms with Crippen LogP contribution in [-0.4, -0.2) is 52.8 Å². The van der Waals surface area contributed by atoms with Crippen LogP contribution in [0.15, 0.2) is 18.5 Å². The van der Waals surface area contributed by atoms with E-state index in [1.54, 1.807) is 7.11 Å². The molecule has 2 fully saturated rings. The molecule has 1 amide bonds. The number of nitrogens with zero attached hydrogens (tertiary/aromatic N) is 3. The van der Waals surface area contributed by atoms with Gasteiger partial charge < -0.3 is 18.9 Å². The van der Waals surface area contributed by atoms with Crippen LogP contribution in [0.3, 0.4) is 0 Å². The fourth-order valence-electron chi connectivity index (χ4n) is 4.60. The highest BCUT2D eigenvalue weighted by molar-refractivity contribution is 5.85. The van der Waals surface area contributed by atoms with Crippen molar-refractivity contribution in [2.45, 2.75) is 83.5 Å². The van der Waals surface area contributed by atoms with Crippen LogP contribution >= 0.6 is 0 Å². The van der Waals surface area contributed by atoms with Crippen LogP contribution in [-0.2, 0) is 20.8 Å². The van der Waals surface area contributed by atoms with Gasteiger partial charge in [0.25, 0.3) is 5.91 Å². The lowest BCUT2D eigenvalue weighted by molar-refractivity contribution is -0.149. The Morgan fingerprint density at radius 1 is 1.33 bits per heavy atom. The van der Waals surface area contributed by atoms with Crippen LogP contribution < -0.4 is 0 Å². The summed E-state index contributed by atoms with van der Waals surface area (Å²) in [6.07, 6.45) is 11.1. The standard InChI is InChI=1S/C24H35N3O3/c1-17-14-21-23(25-15-17)20(16-26(21)11-5-7-12-29-3)18(2)27(19-9-10-19)24(28)22-8-4-6-13-30-22/h14-16,18-19,22H,4-13H2,1-3H3/t18-,22-/m1/s1. The van der Waals surface area contributed by atoms with Crippen molar-refractivity contribution in [1.29, 1.82) is 0 Å². The van der Waals surface area contributed by atoms with E-state index in [4.69, 9.17) is 14.5 Å². The van der Waals surface area contributed by atoms with Crippen molar-refractivity contribution in [2.24, 2.45) is 0 Å². The van der Waals surface area contributed by atoms with E-state index in [2.05, 4.69) is 35.6 Å². The maximum absolute atomic E-state index is 13.4. The van der Waals surface area contributed by atoms with Crippen LogP contribution in [0.1, 0.15) is 69.0 Å². The van der Waals surface area contributed by atoms with Gasteiger partial charge in [-0.1, -0.05) is 0 Å². The maximum atomic E-state index is 13.4. The Morgan fingerprint density at radius 3 is 2.87 bits per heavy atom. The molecular formula is C24H35N3O3. The lowest BCUT2D eigenvalue weighted by Crippen LogP contribution is -2.44. The van der Waals surface area contributed by atoms with Crippen LogP contribution in [0.2, 0.25) is 0 Å². The number of ether oxygens (including phenoxy) is 2. The van der Waals surface area contributed by atoms with E-state index in [1.165, 1.54) is 0 Å². The quantitative estimate of drug-likeness (QED) is 0.572. The predicted molar refractivity (Wildman–Crippen MR) is 117 cm³/mol. The number of aromatic nitrogens is 2. The SMILES string of the molecule is COCCCCn1cc([C@@H](C)N(C(=O)[C@H]2CCCCO2)C2CC2)c2ncc(C)cc21. The molecule has 6 heteroatoms. The van der Waals surface area contributed by atoms with Crippen LogP contribution in [0.25, 0.3) is 11.0 Å². The number of pyridine rings is 1. The minimum Gasteiger partial charge on any atom is -0.385 e. The van der Waals surface area contributed by atoms with Gasteiger partial charge in [-0.05, 0) is 70.4 Å². The van der Waals surface area contributed by atoms with E-state index in [-0.39, 0.29) is 18.1 Å². The second kappa shape index (κ2) is 9.48. The highest BCUT2D eigenvalue weighted by Gasteiger charge is 2.40. The van der Waals surface area contributed by atoms with Gasteiger partial charge >= 0.3 is 0 Å². The number of rotatable bonds is 9. The number of carbonyl (C=O) groups is 1. The van der Waals surface area contributed by atoms with E-state index in [9.17, 15) is 4.79 Å². The van der Waals surface area contributed by atoms with Gasteiger partial charge in [0.15, 0.2) is 0 Å². The summed E-state index contributed by atoms with van der Waals surface area (Å²) >= 11 is 0. The number of methoxy groups -OCH3 is 1. The number of unbranched alkanes of at least 4 members (excludes halogenated alkanes) is 1. The first-order valence-electron chi connectivity index (χ1n) is 11.5. The fraction of sp³-hybridized carbons (Fsp3) is 0.667. The fourth-order valence-corrected chi connectivity index (χ4v) is 4.60. The molecule has 1 saturated carbocycles. The molecule has 2 aromatic rings. The Kier molecular flexibility index (Phi) is 6.74.